The zero-order valence-electron chi connectivity index (χ0n) is 12.3. The first-order valence-electron chi connectivity index (χ1n) is 6.26. The number of likely N-dealkylation sites (N-methyl/N-ethyl adjacent to an activating group) is 1. The predicted molar refractivity (Wildman–Crippen MR) is 85.4 cm³/mol. The first kappa shape index (κ1) is 16.5. The van der Waals surface area contributed by atoms with E-state index in [4.69, 9.17) is 0 Å². The Bertz CT molecular complexity index is 489. The summed E-state index contributed by atoms with van der Waals surface area (Å²) in [6.07, 6.45) is 1.87. The quantitative estimate of drug-likeness (QED) is 0.840. The minimum Gasteiger partial charge on any atom is -0.324 e. The lowest BCUT2D eigenvalue weighted by Crippen LogP contribution is -2.27. The molecule has 2 N–H and O–H groups in total. The van der Waals surface area contributed by atoms with Crippen molar-refractivity contribution in [1.82, 2.24) is 4.90 Å². The highest BCUT2D eigenvalue weighted by Crippen LogP contribution is 2.23. The Morgan fingerprint density at radius 2 is 1.80 bits per heavy atom. The molecule has 20 heavy (non-hydrogen) atoms. The number of nitrogens with zero attached hydrogens (tertiary/aromatic N) is 1. The van der Waals surface area contributed by atoms with Crippen LogP contribution in [0, 0.1) is 6.92 Å². The topological polar surface area (TPSA) is 61.4 Å². The summed E-state index contributed by atoms with van der Waals surface area (Å²) < 4.78 is 0. The molecule has 0 radical (unpaired) electrons. The second-order valence-electron chi connectivity index (χ2n) is 4.82. The summed E-state index contributed by atoms with van der Waals surface area (Å²) in [6.45, 7) is 2.24. The average Bonchev–Trinajstić information content (AvgIpc) is 2.32. The van der Waals surface area contributed by atoms with Crippen LogP contribution in [-0.2, 0) is 9.59 Å². The van der Waals surface area contributed by atoms with Crippen LogP contribution >= 0.6 is 11.8 Å². The van der Waals surface area contributed by atoms with E-state index in [9.17, 15) is 9.59 Å². The standard InChI is InChI=1S/C14H21N3O2S/c1-10-5-6-11(15-13(18)8-17(2)3)12(7-10)16-14(19)9-20-4/h5-7H,8-9H2,1-4H3,(H,15,18)(H,16,19). The average molecular weight is 295 g/mol. The van der Waals surface area contributed by atoms with E-state index in [1.54, 1.807) is 11.0 Å². The van der Waals surface area contributed by atoms with Gasteiger partial charge in [-0.15, -0.1) is 0 Å². The molecule has 0 unspecified atom stereocenters. The summed E-state index contributed by atoms with van der Waals surface area (Å²) in [5.41, 5.74) is 2.28. The number of thioether (sulfide) groups is 1. The third-order valence-corrected chi connectivity index (χ3v) is 3.01. The number of anilines is 2. The number of benzene rings is 1. The van der Waals surface area contributed by atoms with Crippen molar-refractivity contribution in [2.75, 3.05) is 43.3 Å². The third kappa shape index (κ3) is 5.63. The molecule has 0 spiro atoms. The smallest absolute Gasteiger partial charge is 0.238 e. The van der Waals surface area contributed by atoms with Gasteiger partial charge < -0.3 is 15.5 Å². The summed E-state index contributed by atoms with van der Waals surface area (Å²) in [5.74, 6) is 0.199. The lowest BCUT2D eigenvalue weighted by Gasteiger charge is -2.14. The van der Waals surface area contributed by atoms with Crippen molar-refractivity contribution in [2.24, 2.45) is 0 Å². The number of hydrogen-bond acceptors (Lipinski definition) is 4. The largest absolute Gasteiger partial charge is 0.324 e. The molecule has 0 aromatic heterocycles. The van der Waals surface area contributed by atoms with Gasteiger partial charge in [0.15, 0.2) is 0 Å². The summed E-state index contributed by atoms with van der Waals surface area (Å²) in [7, 11) is 3.66. The Labute approximate surface area is 124 Å². The molecule has 0 aliphatic carbocycles. The van der Waals surface area contributed by atoms with Crippen LogP contribution in [0.15, 0.2) is 18.2 Å². The van der Waals surface area contributed by atoms with Crippen LogP contribution in [0.25, 0.3) is 0 Å². The summed E-state index contributed by atoms with van der Waals surface area (Å²) in [5, 5.41) is 5.64. The fourth-order valence-corrected chi connectivity index (χ4v) is 2.00. The number of carbonyl (C=O) groups is 2. The fraction of sp³-hybridized carbons (Fsp3) is 0.429. The minimum absolute atomic E-state index is 0.0776. The highest BCUT2D eigenvalue weighted by atomic mass is 32.2. The number of aryl methyl sites for hydroxylation is 1. The van der Waals surface area contributed by atoms with Gasteiger partial charge in [0.2, 0.25) is 11.8 Å². The maximum atomic E-state index is 11.8. The molecule has 1 rings (SSSR count). The molecule has 0 heterocycles. The molecule has 1 aromatic rings. The maximum Gasteiger partial charge on any atom is 0.238 e. The number of carbonyl (C=O) groups excluding carboxylic acids is 2. The third-order valence-electron chi connectivity index (χ3n) is 2.46. The van der Waals surface area contributed by atoms with Gasteiger partial charge in [-0.05, 0) is 45.0 Å². The van der Waals surface area contributed by atoms with Gasteiger partial charge in [-0.1, -0.05) is 6.07 Å². The van der Waals surface area contributed by atoms with E-state index < -0.39 is 0 Å². The van der Waals surface area contributed by atoms with Crippen molar-refractivity contribution in [2.45, 2.75) is 6.92 Å². The molecule has 0 saturated heterocycles. The van der Waals surface area contributed by atoms with Gasteiger partial charge in [-0.2, -0.15) is 11.8 Å². The molecule has 6 heteroatoms. The number of amides is 2. The van der Waals surface area contributed by atoms with Gasteiger partial charge >= 0.3 is 0 Å². The Kier molecular flexibility index (Phi) is 6.54. The zero-order chi connectivity index (χ0) is 15.1. The van der Waals surface area contributed by atoms with Crippen molar-refractivity contribution < 1.29 is 9.59 Å². The number of nitrogens with one attached hydrogen (secondary N) is 2. The normalized spacial score (nSPS) is 10.4. The van der Waals surface area contributed by atoms with Crippen LogP contribution in [0.2, 0.25) is 0 Å². The van der Waals surface area contributed by atoms with Crippen LogP contribution in [0.1, 0.15) is 5.56 Å². The monoisotopic (exact) mass is 295 g/mol. The zero-order valence-corrected chi connectivity index (χ0v) is 13.1. The van der Waals surface area contributed by atoms with Crippen molar-refractivity contribution in [3.8, 4) is 0 Å². The van der Waals surface area contributed by atoms with Gasteiger partial charge in [-0.3, -0.25) is 9.59 Å². The molecule has 110 valence electrons. The van der Waals surface area contributed by atoms with Crippen LogP contribution in [-0.4, -0.2) is 49.4 Å². The maximum absolute atomic E-state index is 11.8. The summed E-state index contributed by atoms with van der Waals surface area (Å²) in [4.78, 5) is 25.3. The van der Waals surface area contributed by atoms with Gasteiger partial charge in [-0.25, -0.2) is 0 Å². The number of rotatable bonds is 6. The minimum atomic E-state index is -0.112. The summed E-state index contributed by atoms with van der Waals surface area (Å²) in [6, 6.07) is 5.55. The highest BCUT2D eigenvalue weighted by Gasteiger charge is 2.10. The fourth-order valence-electron chi connectivity index (χ4n) is 1.66. The lowest BCUT2D eigenvalue weighted by molar-refractivity contribution is -0.117. The SMILES string of the molecule is CSCC(=O)Nc1cc(C)ccc1NC(=O)CN(C)C. The second kappa shape index (κ2) is 7.91. The van der Waals surface area contributed by atoms with Crippen molar-refractivity contribution in [3.63, 3.8) is 0 Å². The molecule has 1 aromatic carbocycles. The lowest BCUT2D eigenvalue weighted by atomic mass is 10.2. The van der Waals surface area contributed by atoms with Gasteiger partial charge in [0, 0.05) is 0 Å². The Balaban J connectivity index is 2.84. The van der Waals surface area contributed by atoms with Crippen molar-refractivity contribution in [3.05, 3.63) is 23.8 Å². The van der Waals surface area contributed by atoms with Crippen LogP contribution in [0.5, 0.6) is 0 Å². The van der Waals surface area contributed by atoms with E-state index in [1.807, 2.05) is 39.4 Å². The molecule has 0 aliphatic rings. The van der Waals surface area contributed by atoms with Gasteiger partial charge in [0.05, 0.1) is 23.7 Å². The highest BCUT2D eigenvalue weighted by molar-refractivity contribution is 7.99. The van der Waals surface area contributed by atoms with E-state index >= 15 is 0 Å². The first-order valence-corrected chi connectivity index (χ1v) is 7.65. The van der Waals surface area contributed by atoms with Crippen molar-refractivity contribution >= 4 is 35.0 Å². The van der Waals surface area contributed by atoms with Crippen LogP contribution < -0.4 is 10.6 Å². The van der Waals surface area contributed by atoms with Crippen molar-refractivity contribution in [1.29, 1.82) is 0 Å². The van der Waals surface area contributed by atoms with E-state index in [0.29, 0.717) is 23.7 Å². The van der Waals surface area contributed by atoms with E-state index in [0.717, 1.165) is 5.56 Å². The molecular formula is C14H21N3O2S. The first-order chi connectivity index (χ1) is 9.42. The molecule has 0 bridgehead atoms. The molecule has 0 saturated carbocycles. The second-order valence-corrected chi connectivity index (χ2v) is 5.68. The molecule has 2 amide bonds. The van der Waals surface area contributed by atoms with Gasteiger partial charge in [0.1, 0.15) is 0 Å². The Morgan fingerprint density at radius 1 is 1.15 bits per heavy atom. The molecule has 0 atom stereocenters. The molecule has 0 fully saturated rings. The van der Waals surface area contributed by atoms with Crippen LogP contribution in [0.4, 0.5) is 11.4 Å². The summed E-state index contributed by atoms with van der Waals surface area (Å²) >= 11 is 1.46. The molecule has 0 aliphatic heterocycles. The van der Waals surface area contributed by atoms with Crippen LogP contribution in [0.3, 0.4) is 0 Å². The molecule has 5 nitrogen and oxygen atoms in total. The van der Waals surface area contributed by atoms with E-state index in [1.165, 1.54) is 11.8 Å². The van der Waals surface area contributed by atoms with Gasteiger partial charge in [0.25, 0.3) is 0 Å². The van der Waals surface area contributed by atoms with E-state index in [2.05, 4.69) is 10.6 Å². The predicted octanol–water partition coefficient (Wildman–Crippen LogP) is 1.80. The molecular weight excluding hydrogens is 274 g/mol. The van der Waals surface area contributed by atoms with E-state index in [-0.39, 0.29) is 11.8 Å². The Morgan fingerprint density at radius 3 is 2.40 bits per heavy atom. The Hall–Kier alpha value is -1.53. The number of hydrogen-bond donors (Lipinski definition) is 2.